The van der Waals surface area contributed by atoms with Gasteiger partial charge in [0.2, 0.25) is 0 Å². The Morgan fingerprint density at radius 1 is 1.35 bits per heavy atom. The Hall–Kier alpha value is -1.47. The molecule has 2 bridgehead atoms. The molecule has 0 saturated carbocycles. The van der Waals surface area contributed by atoms with Gasteiger partial charge in [-0.25, -0.2) is 0 Å². The highest BCUT2D eigenvalue weighted by Gasteiger charge is 2.46. The summed E-state index contributed by atoms with van der Waals surface area (Å²) in [6.07, 6.45) is 11.4. The highest BCUT2D eigenvalue weighted by Crippen LogP contribution is 2.55. The lowest BCUT2D eigenvalue weighted by atomic mass is 9.73. The molecular weight excluding hydrogens is 266 g/mol. The molecule has 2 aliphatic carbocycles. The number of benzene rings is 1. The summed E-state index contributed by atoms with van der Waals surface area (Å²) in [6, 6.07) is 6.85. The Balaban J connectivity index is 1.99. The second-order valence-corrected chi connectivity index (χ2v) is 6.73. The van der Waals surface area contributed by atoms with Crippen LogP contribution >= 0.6 is 11.6 Å². The van der Waals surface area contributed by atoms with E-state index in [0.29, 0.717) is 6.04 Å². The average Bonchev–Trinajstić information content (AvgIpc) is 2.67. The third-order valence-electron chi connectivity index (χ3n) is 5.06. The lowest BCUT2D eigenvalue weighted by Gasteiger charge is -2.30. The van der Waals surface area contributed by atoms with Crippen molar-refractivity contribution in [2.75, 3.05) is 7.05 Å². The van der Waals surface area contributed by atoms with Crippen LogP contribution in [0.4, 0.5) is 0 Å². The molecule has 1 aromatic rings. The number of nitrogens with zero attached hydrogens (tertiary/aromatic N) is 1. The van der Waals surface area contributed by atoms with Crippen LogP contribution < -0.4 is 0 Å². The third kappa shape index (κ3) is 1.50. The van der Waals surface area contributed by atoms with Gasteiger partial charge in [0, 0.05) is 23.7 Å². The summed E-state index contributed by atoms with van der Waals surface area (Å²) in [5.41, 5.74) is 5.81. The van der Waals surface area contributed by atoms with Gasteiger partial charge >= 0.3 is 0 Å². The van der Waals surface area contributed by atoms with E-state index < -0.39 is 0 Å². The molecule has 3 aliphatic rings. The maximum atomic E-state index is 6.23. The minimum absolute atomic E-state index is 0.117. The van der Waals surface area contributed by atoms with Gasteiger partial charge in [0.15, 0.2) is 0 Å². The molecule has 0 radical (unpaired) electrons. The number of hydrogen-bond donors (Lipinski definition) is 0. The van der Waals surface area contributed by atoms with Gasteiger partial charge < -0.3 is 4.90 Å². The lowest BCUT2D eigenvalue weighted by Crippen LogP contribution is -2.23. The molecule has 4 rings (SSSR count). The van der Waals surface area contributed by atoms with Crippen LogP contribution in [0, 0.1) is 0 Å². The highest BCUT2D eigenvalue weighted by atomic mass is 35.5. The van der Waals surface area contributed by atoms with Gasteiger partial charge in [0.25, 0.3) is 0 Å². The second-order valence-electron chi connectivity index (χ2n) is 6.29. The van der Waals surface area contributed by atoms with E-state index in [1.54, 1.807) is 0 Å². The van der Waals surface area contributed by atoms with Gasteiger partial charge in [0.05, 0.1) is 6.04 Å². The Kier molecular flexibility index (Phi) is 2.47. The summed E-state index contributed by atoms with van der Waals surface area (Å²) < 4.78 is 0. The first-order valence-corrected chi connectivity index (χ1v) is 7.58. The predicted molar refractivity (Wildman–Crippen MR) is 83.8 cm³/mol. The highest BCUT2D eigenvalue weighted by molar-refractivity contribution is 6.30. The molecule has 0 fully saturated rings. The Labute approximate surface area is 125 Å². The van der Waals surface area contributed by atoms with Crippen LogP contribution in [0.25, 0.3) is 0 Å². The summed E-state index contributed by atoms with van der Waals surface area (Å²) in [5, 5.41) is 0.841. The van der Waals surface area contributed by atoms with Gasteiger partial charge in [0.1, 0.15) is 0 Å². The number of rotatable bonds is 0. The summed E-state index contributed by atoms with van der Waals surface area (Å²) in [6.45, 7) is 2.39. The molecule has 0 amide bonds. The topological polar surface area (TPSA) is 3.24 Å². The standard InChI is InChI=1S/C18H18ClN/c1-18-10-17(14-9-13(19)7-8-16(14)18)20(2)11-12-5-3-4-6-15(12)18/h3,5-9,11,17H,4,10H2,1-2H3. The van der Waals surface area contributed by atoms with Crippen LogP contribution in [-0.2, 0) is 5.41 Å². The van der Waals surface area contributed by atoms with E-state index >= 15 is 0 Å². The van der Waals surface area contributed by atoms with Crippen LogP contribution in [0.1, 0.15) is 36.9 Å². The molecule has 0 N–H and O–H groups in total. The summed E-state index contributed by atoms with van der Waals surface area (Å²) >= 11 is 6.23. The van der Waals surface area contributed by atoms with E-state index in [4.69, 9.17) is 11.6 Å². The number of allylic oxidation sites excluding steroid dienone is 5. The normalized spacial score (nSPS) is 30.4. The summed E-state index contributed by atoms with van der Waals surface area (Å²) in [4.78, 5) is 2.35. The minimum atomic E-state index is 0.117. The van der Waals surface area contributed by atoms with Crippen molar-refractivity contribution < 1.29 is 0 Å². The van der Waals surface area contributed by atoms with E-state index in [1.807, 2.05) is 6.07 Å². The van der Waals surface area contributed by atoms with Gasteiger partial charge in [-0.1, -0.05) is 42.8 Å². The molecule has 2 heteroatoms. The Morgan fingerprint density at radius 3 is 3.05 bits per heavy atom. The Bertz CT molecular complexity index is 683. The van der Waals surface area contributed by atoms with Crippen molar-refractivity contribution in [1.82, 2.24) is 4.90 Å². The molecule has 2 unspecified atom stereocenters. The van der Waals surface area contributed by atoms with Gasteiger partial charge in [-0.2, -0.15) is 0 Å². The molecule has 102 valence electrons. The molecule has 1 heterocycles. The maximum Gasteiger partial charge on any atom is 0.0549 e. The molecule has 1 aliphatic heterocycles. The molecule has 1 nitrogen and oxygen atoms in total. The van der Waals surface area contributed by atoms with Crippen LogP contribution in [0.15, 0.2) is 53.8 Å². The fourth-order valence-electron chi connectivity index (χ4n) is 4.09. The van der Waals surface area contributed by atoms with Crippen molar-refractivity contribution in [2.45, 2.75) is 31.2 Å². The maximum absolute atomic E-state index is 6.23. The SMILES string of the molecule is CN1C=C2C=CCC=C2C2(C)CC1c1cc(Cl)ccc12. The zero-order valence-corrected chi connectivity index (χ0v) is 12.6. The van der Waals surface area contributed by atoms with E-state index in [1.165, 1.54) is 22.3 Å². The first-order chi connectivity index (χ1) is 9.59. The molecule has 2 atom stereocenters. The second kappa shape index (κ2) is 4.02. The number of hydrogen-bond acceptors (Lipinski definition) is 1. The molecular formula is C18H18ClN. The molecule has 1 aromatic carbocycles. The van der Waals surface area contributed by atoms with Gasteiger partial charge in [-0.05, 0) is 47.2 Å². The van der Waals surface area contributed by atoms with E-state index in [0.717, 1.165) is 17.9 Å². The Morgan fingerprint density at radius 2 is 2.20 bits per heavy atom. The molecule has 0 saturated heterocycles. The zero-order valence-electron chi connectivity index (χ0n) is 11.9. The fraction of sp³-hybridized carbons (Fsp3) is 0.333. The molecule has 0 aromatic heterocycles. The van der Waals surface area contributed by atoms with Crippen LogP contribution in [0.5, 0.6) is 0 Å². The quantitative estimate of drug-likeness (QED) is 0.664. The third-order valence-corrected chi connectivity index (χ3v) is 5.30. The first-order valence-electron chi connectivity index (χ1n) is 7.21. The van der Waals surface area contributed by atoms with Crippen LogP contribution in [0.2, 0.25) is 5.02 Å². The number of fused-ring (bicyclic) bond motifs is 7. The van der Waals surface area contributed by atoms with Crippen molar-refractivity contribution in [1.29, 1.82) is 0 Å². The average molecular weight is 284 g/mol. The monoisotopic (exact) mass is 283 g/mol. The van der Waals surface area contributed by atoms with E-state index in [9.17, 15) is 0 Å². The van der Waals surface area contributed by atoms with Crippen LogP contribution in [0.3, 0.4) is 0 Å². The van der Waals surface area contributed by atoms with Crippen molar-refractivity contribution in [3.05, 3.63) is 69.9 Å². The van der Waals surface area contributed by atoms with Crippen molar-refractivity contribution in [3.63, 3.8) is 0 Å². The van der Waals surface area contributed by atoms with Crippen molar-refractivity contribution >= 4 is 11.6 Å². The van der Waals surface area contributed by atoms with Crippen molar-refractivity contribution in [3.8, 4) is 0 Å². The smallest absolute Gasteiger partial charge is 0.0549 e. The van der Waals surface area contributed by atoms with Gasteiger partial charge in [-0.3, -0.25) is 0 Å². The lowest BCUT2D eigenvalue weighted by molar-refractivity contribution is 0.315. The number of halogens is 1. The first kappa shape index (κ1) is 12.3. The molecule has 0 spiro atoms. The zero-order chi connectivity index (χ0) is 13.9. The van der Waals surface area contributed by atoms with Crippen LogP contribution in [-0.4, -0.2) is 11.9 Å². The van der Waals surface area contributed by atoms with Crippen molar-refractivity contribution in [2.24, 2.45) is 0 Å². The van der Waals surface area contributed by atoms with Gasteiger partial charge in [-0.15, -0.1) is 0 Å². The summed E-state index contributed by atoms with van der Waals surface area (Å²) in [5.74, 6) is 0. The van der Waals surface area contributed by atoms with E-state index in [2.05, 4.69) is 55.4 Å². The van der Waals surface area contributed by atoms with E-state index in [-0.39, 0.29) is 5.41 Å². The fourth-order valence-corrected chi connectivity index (χ4v) is 4.27. The summed E-state index contributed by atoms with van der Waals surface area (Å²) in [7, 11) is 2.18. The molecule has 20 heavy (non-hydrogen) atoms. The predicted octanol–water partition coefficient (Wildman–Crippen LogP) is 4.76. The minimum Gasteiger partial charge on any atom is -0.373 e. The largest absolute Gasteiger partial charge is 0.373 e.